The third kappa shape index (κ3) is 3.41. The molecule has 1 aromatic heterocycles. The molecule has 1 heterocycles. The van der Waals surface area contributed by atoms with Crippen LogP contribution in [0.1, 0.15) is 19.3 Å². The van der Waals surface area contributed by atoms with Crippen LogP contribution in [0.3, 0.4) is 0 Å². The van der Waals surface area contributed by atoms with Crippen LogP contribution in [0, 0.1) is 5.92 Å². The number of pyridine rings is 1. The second kappa shape index (κ2) is 5.01. The fraction of sp³-hybridized carbons (Fsp3) is 0.545. The van der Waals surface area contributed by atoms with E-state index in [1.165, 1.54) is 19.0 Å². The number of sulfonamides is 1. The van der Waals surface area contributed by atoms with E-state index in [2.05, 4.69) is 15.0 Å². The Morgan fingerprint density at radius 3 is 2.71 bits per heavy atom. The molecule has 0 atom stereocenters. The molecule has 17 heavy (non-hydrogen) atoms. The number of anilines is 1. The first-order valence-electron chi connectivity index (χ1n) is 5.75. The zero-order valence-corrected chi connectivity index (χ0v) is 10.6. The molecule has 0 amide bonds. The molecule has 1 aliphatic carbocycles. The average molecular weight is 255 g/mol. The second-order valence-corrected chi connectivity index (χ2v) is 6.03. The molecular formula is C11H17N3O2S. The van der Waals surface area contributed by atoms with Crippen molar-refractivity contribution in [1.82, 2.24) is 9.71 Å². The lowest BCUT2D eigenvalue weighted by Crippen LogP contribution is -2.25. The maximum absolute atomic E-state index is 11.9. The van der Waals surface area contributed by atoms with Gasteiger partial charge in [0.1, 0.15) is 10.7 Å². The molecule has 0 radical (unpaired) electrons. The van der Waals surface area contributed by atoms with Gasteiger partial charge in [-0.15, -0.1) is 0 Å². The summed E-state index contributed by atoms with van der Waals surface area (Å²) in [4.78, 5) is 4.20. The number of hydrogen-bond acceptors (Lipinski definition) is 4. The van der Waals surface area contributed by atoms with E-state index in [4.69, 9.17) is 0 Å². The predicted octanol–water partition coefficient (Wildman–Crippen LogP) is 1.20. The van der Waals surface area contributed by atoms with Crippen LogP contribution < -0.4 is 10.0 Å². The average Bonchev–Trinajstić information content (AvgIpc) is 3.13. The van der Waals surface area contributed by atoms with Crippen LogP contribution in [0.15, 0.2) is 23.2 Å². The smallest absolute Gasteiger partial charge is 0.242 e. The monoisotopic (exact) mass is 255 g/mol. The Morgan fingerprint density at radius 2 is 2.18 bits per heavy atom. The van der Waals surface area contributed by atoms with E-state index in [1.54, 1.807) is 19.2 Å². The maximum atomic E-state index is 11.9. The van der Waals surface area contributed by atoms with Gasteiger partial charge >= 0.3 is 0 Å². The largest absolute Gasteiger partial charge is 0.373 e. The van der Waals surface area contributed by atoms with Crippen LogP contribution in [0.2, 0.25) is 0 Å². The summed E-state index contributed by atoms with van der Waals surface area (Å²) in [7, 11) is -1.65. The number of rotatable bonds is 6. The fourth-order valence-electron chi connectivity index (χ4n) is 1.57. The summed E-state index contributed by atoms with van der Waals surface area (Å²) in [5.41, 5.74) is 0. The van der Waals surface area contributed by atoms with Gasteiger partial charge in [-0.2, -0.15) is 0 Å². The predicted molar refractivity (Wildman–Crippen MR) is 66.3 cm³/mol. The lowest BCUT2D eigenvalue weighted by molar-refractivity contribution is 0.575. The van der Waals surface area contributed by atoms with Crippen LogP contribution in [0.5, 0.6) is 0 Å². The van der Waals surface area contributed by atoms with Gasteiger partial charge in [0.15, 0.2) is 0 Å². The lowest BCUT2D eigenvalue weighted by atomic mass is 10.3. The van der Waals surface area contributed by atoms with Crippen LogP contribution in [-0.2, 0) is 10.0 Å². The minimum atomic E-state index is -3.39. The van der Waals surface area contributed by atoms with Crippen molar-refractivity contribution >= 4 is 15.8 Å². The van der Waals surface area contributed by atoms with E-state index in [1.807, 2.05) is 0 Å². The van der Waals surface area contributed by atoms with Crippen molar-refractivity contribution < 1.29 is 8.42 Å². The molecule has 6 heteroatoms. The second-order valence-electron chi connectivity index (χ2n) is 4.26. The van der Waals surface area contributed by atoms with Crippen LogP contribution in [0.4, 0.5) is 5.82 Å². The fourth-order valence-corrected chi connectivity index (χ4v) is 2.57. The van der Waals surface area contributed by atoms with Gasteiger partial charge in [-0.1, -0.05) is 12.8 Å². The Kier molecular flexibility index (Phi) is 3.63. The first-order chi connectivity index (χ1) is 8.12. The van der Waals surface area contributed by atoms with Crippen molar-refractivity contribution in [1.29, 1.82) is 0 Å². The van der Waals surface area contributed by atoms with Crippen LogP contribution >= 0.6 is 0 Å². The van der Waals surface area contributed by atoms with Crippen molar-refractivity contribution in [3.05, 3.63) is 18.3 Å². The minimum Gasteiger partial charge on any atom is -0.373 e. The van der Waals surface area contributed by atoms with Gasteiger partial charge in [-0.25, -0.2) is 18.1 Å². The molecule has 0 unspecified atom stereocenters. The highest BCUT2D eigenvalue weighted by molar-refractivity contribution is 7.89. The van der Waals surface area contributed by atoms with E-state index in [0.717, 1.165) is 12.3 Å². The van der Waals surface area contributed by atoms with E-state index in [0.29, 0.717) is 12.4 Å². The number of aromatic nitrogens is 1. The third-order valence-corrected chi connectivity index (χ3v) is 4.29. The molecule has 1 aromatic rings. The number of nitrogens with one attached hydrogen (secondary N) is 2. The highest BCUT2D eigenvalue weighted by Crippen LogP contribution is 2.31. The van der Waals surface area contributed by atoms with E-state index < -0.39 is 10.0 Å². The van der Waals surface area contributed by atoms with Gasteiger partial charge in [-0.05, 0) is 24.5 Å². The highest BCUT2D eigenvalue weighted by Gasteiger charge is 2.22. The molecule has 5 nitrogen and oxygen atoms in total. The molecule has 1 saturated carbocycles. The Balaban J connectivity index is 1.96. The Morgan fingerprint density at radius 1 is 1.41 bits per heavy atom. The van der Waals surface area contributed by atoms with E-state index >= 15 is 0 Å². The van der Waals surface area contributed by atoms with Crippen molar-refractivity contribution in [3.8, 4) is 0 Å². The van der Waals surface area contributed by atoms with Crippen molar-refractivity contribution in [2.24, 2.45) is 5.92 Å². The van der Waals surface area contributed by atoms with Gasteiger partial charge < -0.3 is 5.32 Å². The molecule has 0 bridgehead atoms. The first-order valence-corrected chi connectivity index (χ1v) is 7.23. The molecule has 2 rings (SSSR count). The summed E-state index contributed by atoms with van der Waals surface area (Å²) in [5, 5.41) is 2.85. The Bertz CT molecular complexity index is 466. The molecule has 0 aliphatic heterocycles. The molecule has 1 aliphatic rings. The number of nitrogens with zero attached hydrogens (tertiary/aromatic N) is 1. The molecule has 1 fully saturated rings. The van der Waals surface area contributed by atoms with E-state index in [9.17, 15) is 8.42 Å². The van der Waals surface area contributed by atoms with Gasteiger partial charge in [0.05, 0.1) is 0 Å². The summed E-state index contributed by atoms with van der Waals surface area (Å²) in [6.45, 7) is 0.515. The molecular weight excluding hydrogens is 238 g/mol. The number of hydrogen-bond donors (Lipinski definition) is 2. The highest BCUT2D eigenvalue weighted by atomic mass is 32.2. The van der Waals surface area contributed by atoms with Crippen molar-refractivity contribution in [3.63, 3.8) is 0 Å². The first kappa shape index (κ1) is 12.3. The van der Waals surface area contributed by atoms with Gasteiger partial charge in [-0.3, -0.25) is 0 Å². The van der Waals surface area contributed by atoms with Gasteiger partial charge in [0.25, 0.3) is 0 Å². The van der Waals surface area contributed by atoms with Gasteiger partial charge in [0, 0.05) is 19.8 Å². The summed E-state index contributed by atoms with van der Waals surface area (Å²) in [6.07, 6.45) is 4.77. The molecule has 94 valence electrons. The standard InChI is InChI=1S/C11H17N3O2S/c1-12-11-5-4-10(8-13-11)17(15,16)14-7-6-9-2-3-9/h4-5,8-9,14H,2-3,6-7H2,1H3,(H,12,13). The molecule has 0 spiro atoms. The molecule has 0 saturated heterocycles. The zero-order valence-electron chi connectivity index (χ0n) is 9.81. The van der Waals surface area contributed by atoms with Crippen molar-refractivity contribution in [2.75, 3.05) is 18.9 Å². The summed E-state index contributed by atoms with van der Waals surface area (Å²) >= 11 is 0. The SMILES string of the molecule is CNc1ccc(S(=O)(=O)NCCC2CC2)cn1. The lowest BCUT2D eigenvalue weighted by Gasteiger charge is -2.06. The molecule has 2 N–H and O–H groups in total. The Labute approximate surface area is 102 Å². The summed E-state index contributed by atoms with van der Waals surface area (Å²) in [6, 6.07) is 3.20. The van der Waals surface area contributed by atoms with Crippen LogP contribution in [0.25, 0.3) is 0 Å². The quantitative estimate of drug-likeness (QED) is 0.801. The van der Waals surface area contributed by atoms with Gasteiger partial charge in [0.2, 0.25) is 10.0 Å². The molecule has 0 aromatic carbocycles. The topological polar surface area (TPSA) is 71.1 Å². The zero-order chi connectivity index (χ0) is 12.3. The Hall–Kier alpha value is -1.14. The van der Waals surface area contributed by atoms with Crippen LogP contribution in [-0.4, -0.2) is 27.0 Å². The minimum absolute atomic E-state index is 0.215. The summed E-state index contributed by atoms with van der Waals surface area (Å²) in [5.74, 6) is 1.38. The third-order valence-electron chi connectivity index (χ3n) is 2.84. The normalized spacial score (nSPS) is 15.8. The maximum Gasteiger partial charge on any atom is 0.242 e. The van der Waals surface area contributed by atoms with E-state index in [-0.39, 0.29) is 4.90 Å². The summed E-state index contributed by atoms with van der Waals surface area (Å²) < 4.78 is 26.3. The van der Waals surface area contributed by atoms with Crippen molar-refractivity contribution in [2.45, 2.75) is 24.2 Å².